The Balaban J connectivity index is 4.21. The Hall–Kier alpha value is -0.210. The van der Waals surface area contributed by atoms with Crippen LogP contribution in [0.25, 0.3) is 0 Å². The van der Waals surface area contributed by atoms with Crippen LogP contribution < -0.4 is 0 Å². The van der Waals surface area contributed by atoms with Gasteiger partial charge in [-0.2, -0.15) is 0 Å². The Kier molecular flexibility index (Phi) is 13.0. The molecule has 1 atom stereocenters. The first-order valence-corrected chi connectivity index (χ1v) is 10.2. The zero-order valence-corrected chi connectivity index (χ0v) is 15.9. The third-order valence-corrected chi connectivity index (χ3v) is 4.89. The van der Waals surface area contributed by atoms with Crippen LogP contribution in [0.1, 0.15) is 45.4 Å². The summed E-state index contributed by atoms with van der Waals surface area (Å²) in [7, 11) is -0.355. The van der Waals surface area contributed by atoms with Crippen molar-refractivity contribution in [3.63, 3.8) is 0 Å². The lowest BCUT2D eigenvalue weighted by Crippen LogP contribution is -2.48. The maximum atomic E-state index is 10.8. The molecule has 0 amide bonds. The van der Waals surface area contributed by atoms with Crippen molar-refractivity contribution >= 4 is 10.1 Å². The van der Waals surface area contributed by atoms with E-state index < -0.39 is 10.1 Å². The molecule has 0 aliphatic heterocycles. The Morgan fingerprint density at radius 2 is 1.57 bits per heavy atom. The van der Waals surface area contributed by atoms with Gasteiger partial charge in [0, 0.05) is 19.3 Å². The highest BCUT2D eigenvalue weighted by molar-refractivity contribution is 7.85. The fraction of sp³-hybridized carbons (Fsp3) is 1.00. The van der Waals surface area contributed by atoms with Gasteiger partial charge in [-0.25, -0.2) is 8.42 Å². The van der Waals surface area contributed by atoms with Crippen LogP contribution in [0.4, 0.5) is 0 Å². The van der Waals surface area contributed by atoms with E-state index in [2.05, 4.69) is 14.0 Å². The minimum absolute atomic E-state index is 0.277. The van der Waals surface area contributed by atoms with Crippen molar-refractivity contribution < 1.29 is 26.9 Å². The van der Waals surface area contributed by atoms with Crippen molar-refractivity contribution in [2.24, 2.45) is 0 Å². The number of hydrogen-bond donors (Lipinski definition) is 0. The number of ether oxygens (including phenoxy) is 2. The molecule has 23 heavy (non-hydrogen) atoms. The minimum atomic E-state index is -4.12. The molecule has 1 unspecified atom stereocenters. The quantitative estimate of drug-likeness (QED) is 0.241. The third-order valence-electron chi connectivity index (χ3n) is 4.10. The van der Waals surface area contributed by atoms with Crippen molar-refractivity contribution in [1.82, 2.24) is 0 Å². The number of quaternary nitrogens is 1. The fourth-order valence-corrected chi connectivity index (χ4v) is 3.07. The van der Waals surface area contributed by atoms with Crippen molar-refractivity contribution in [3.05, 3.63) is 0 Å². The molecule has 0 spiro atoms. The number of rotatable bonds is 16. The summed E-state index contributed by atoms with van der Waals surface area (Å²) in [6.45, 7) is 6.49. The summed E-state index contributed by atoms with van der Waals surface area (Å²) >= 11 is 0. The zero-order chi connectivity index (χ0) is 17.6. The highest BCUT2D eigenvalue weighted by atomic mass is 32.2. The topological polar surface area (TPSA) is 75.7 Å². The largest absolute Gasteiger partial charge is 0.748 e. The monoisotopic (exact) mass is 353 g/mol. The maximum absolute atomic E-state index is 10.8. The summed E-state index contributed by atoms with van der Waals surface area (Å²) in [5.41, 5.74) is 0. The van der Waals surface area contributed by atoms with Gasteiger partial charge in [0.25, 0.3) is 0 Å². The van der Waals surface area contributed by atoms with E-state index >= 15 is 0 Å². The molecule has 0 aliphatic carbocycles. The first kappa shape index (κ1) is 22.8. The number of likely N-dealkylation sites (N-methyl/N-ethyl adjacent to an activating group) is 1. The van der Waals surface area contributed by atoms with Gasteiger partial charge in [0.15, 0.2) is 0 Å². The van der Waals surface area contributed by atoms with E-state index in [0.717, 1.165) is 24.0 Å². The smallest absolute Gasteiger partial charge is 0.102 e. The van der Waals surface area contributed by atoms with Crippen LogP contribution >= 0.6 is 0 Å². The van der Waals surface area contributed by atoms with E-state index in [9.17, 15) is 13.0 Å². The third kappa shape index (κ3) is 15.1. The summed E-state index contributed by atoms with van der Waals surface area (Å²) in [6.07, 6.45) is 6.47. The first-order chi connectivity index (χ1) is 10.8. The van der Waals surface area contributed by atoms with Crippen molar-refractivity contribution in [2.75, 3.05) is 59.4 Å². The average molecular weight is 354 g/mol. The van der Waals surface area contributed by atoms with Gasteiger partial charge in [-0.05, 0) is 12.8 Å². The summed E-state index contributed by atoms with van der Waals surface area (Å²) in [4.78, 5) is 0. The normalized spacial score (nSPS) is 14.8. The van der Waals surface area contributed by atoms with Crippen LogP contribution in [-0.4, -0.2) is 76.8 Å². The second-order valence-electron chi connectivity index (χ2n) is 6.43. The Bertz CT molecular complexity index is 359. The summed E-state index contributed by atoms with van der Waals surface area (Å²) in [5, 5.41) is 0. The second-order valence-corrected chi connectivity index (χ2v) is 7.95. The molecule has 7 heteroatoms. The van der Waals surface area contributed by atoms with Crippen LogP contribution in [-0.2, 0) is 19.6 Å². The lowest BCUT2D eigenvalue weighted by molar-refractivity contribution is -0.910. The molecule has 0 saturated heterocycles. The summed E-state index contributed by atoms with van der Waals surface area (Å²) < 4.78 is 43.6. The molecule has 0 aromatic rings. The Morgan fingerprint density at radius 1 is 0.913 bits per heavy atom. The van der Waals surface area contributed by atoms with Crippen LogP contribution in [0, 0.1) is 0 Å². The van der Waals surface area contributed by atoms with E-state index in [1.807, 2.05) is 0 Å². The van der Waals surface area contributed by atoms with E-state index in [1.54, 1.807) is 7.11 Å². The SMILES string of the molecule is CCCCCCC[N+](C)(CCCS(=O)(=O)[O-])CCOCCOC. The molecule has 0 rings (SSSR count). The van der Waals surface area contributed by atoms with Gasteiger partial charge in [0.05, 0.1) is 50.1 Å². The van der Waals surface area contributed by atoms with Gasteiger partial charge < -0.3 is 18.5 Å². The molecule has 0 fully saturated rings. The van der Waals surface area contributed by atoms with E-state index in [0.29, 0.717) is 32.8 Å². The fourth-order valence-electron chi connectivity index (χ4n) is 2.58. The molecule has 0 N–H and O–H groups in total. The van der Waals surface area contributed by atoms with E-state index in [-0.39, 0.29) is 5.75 Å². The predicted octanol–water partition coefficient (Wildman–Crippen LogP) is 2.00. The minimum Gasteiger partial charge on any atom is -0.748 e. The van der Waals surface area contributed by atoms with Crippen LogP contribution in [0.5, 0.6) is 0 Å². The Morgan fingerprint density at radius 3 is 2.17 bits per heavy atom. The lowest BCUT2D eigenvalue weighted by Gasteiger charge is -2.35. The van der Waals surface area contributed by atoms with Gasteiger partial charge in [-0.15, -0.1) is 0 Å². The van der Waals surface area contributed by atoms with E-state index in [4.69, 9.17) is 9.47 Å². The van der Waals surface area contributed by atoms with Crippen molar-refractivity contribution in [2.45, 2.75) is 45.4 Å². The van der Waals surface area contributed by atoms with E-state index in [1.165, 1.54) is 25.7 Å². The lowest BCUT2D eigenvalue weighted by atomic mass is 10.1. The highest BCUT2D eigenvalue weighted by Gasteiger charge is 2.21. The number of nitrogens with zero attached hydrogens (tertiary/aromatic N) is 1. The highest BCUT2D eigenvalue weighted by Crippen LogP contribution is 2.11. The molecule has 0 heterocycles. The molecule has 0 saturated carbocycles. The van der Waals surface area contributed by atoms with Gasteiger partial charge >= 0.3 is 0 Å². The first-order valence-electron chi connectivity index (χ1n) is 8.67. The van der Waals surface area contributed by atoms with Gasteiger partial charge in [-0.3, -0.25) is 0 Å². The molecule has 0 bridgehead atoms. The maximum Gasteiger partial charge on any atom is 0.102 e. The molecule has 0 aromatic carbocycles. The van der Waals surface area contributed by atoms with Gasteiger partial charge in [0.1, 0.15) is 6.54 Å². The molecule has 0 aliphatic rings. The van der Waals surface area contributed by atoms with Crippen molar-refractivity contribution in [3.8, 4) is 0 Å². The molecule has 0 aromatic heterocycles. The average Bonchev–Trinajstić information content (AvgIpc) is 2.45. The van der Waals surface area contributed by atoms with Gasteiger partial charge in [0.2, 0.25) is 0 Å². The number of unbranched alkanes of at least 4 members (excludes halogenated alkanes) is 4. The number of methoxy groups -OCH3 is 1. The van der Waals surface area contributed by atoms with Crippen molar-refractivity contribution in [1.29, 1.82) is 0 Å². The van der Waals surface area contributed by atoms with Crippen LogP contribution in [0.2, 0.25) is 0 Å². The molecule has 6 nitrogen and oxygen atoms in total. The second kappa shape index (κ2) is 13.1. The Labute approximate surface area is 142 Å². The summed E-state index contributed by atoms with van der Waals surface area (Å²) in [5.74, 6) is -0.277. The molecule has 140 valence electrons. The number of hydrogen-bond acceptors (Lipinski definition) is 5. The molecular formula is C16H35NO5S. The van der Waals surface area contributed by atoms with Crippen LogP contribution in [0.15, 0.2) is 0 Å². The molecule has 0 radical (unpaired) electrons. The van der Waals surface area contributed by atoms with Gasteiger partial charge in [-0.1, -0.05) is 26.2 Å². The van der Waals surface area contributed by atoms with Crippen LogP contribution in [0.3, 0.4) is 0 Å². The standard InChI is InChI=1S/C16H35NO5S/c1-4-5-6-7-8-10-17(2,11-9-16-23(18,19)20)12-13-22-15-14-21-3/h4-16H2,1-3H3. The predicted molar refractivity (Wildman–Crippen MR) is 91.4 cm³/mol. The zero-order valence-electron chi connectivity index (χ0n) is 15.1. The molecular weight excluding hydrogens is 318 g/mol. The summed E-state index contributed by atoms with van der Waals surface area (Å²) in [6, 6.07) is 0.